The zero-order valence-corrected chi connectivity index (χ0v) is 11.3. The monoisotopic (exact) mass is 287 g/mol. The average Bonchev–Trinajstić information content (AvgIpc) is 2.46. The lowest BCUT2D eigenvalue weighted by Crippen LogP contribution is -2.14. The molecule has 0 aromatic carbocycles. The molecule has 0 atom stereocenters. The van der Waals surface area contributed by atoms with Gasteiger partial charge in [0, 0.05) is 13.3 Å². The van der Waals surface area contributed by atoms with Gasteiger partial charge in [0.1, 0.15) is 6.61 Å². The maximum Gasteiger partial charge on any atom is 0.341 e. The third kappa shape index (κ3) is 6.55. The van der Waals surface area contributed by atoms with Crippen molar-refractivity contribution in [3.63, 3.8) is 0 Å². The van der Waals surface area contributed by atoms with E-state index in [1.807, 2.05) is 0 Å². The molecule has 0 spiro atoms. The summed E-state index contributed by atoms with van der Waals surface area (Å²) >= 11 is 0. The van der Waals surface area contributed by atoms with E-state index in [0.717, 1.165) is 6.20 Å². The van der Waals surface area contributed by atoms with Crippen LogP contribution in [0.2, 0.25) is 0 Å². The SMILES string of the molecule is COCCOCCOCCOC(=O)c1ccncc1F. The second kappa shape index (κ2) is 10.2. The summed E-state index contributed by atoms with van der Waals surface area (Å²) in [5.74, 6) is -1.44. The van der Waals surface area contributed by atoms with E-state index in [-0.39, 0.29) is 18.8 Å². The number of aromatic nitrogens is 1. The molecule has 0 unspecified atom stereocenters. The highest BCUT2D eigenvalue weighted by Gasteiger charge is 2.12. The van der Waals surface area contributed by atoms with E-state index in [1.165, 1.54) is 12.3 Å². The molecule has 0 radical (unpaired) electrons. The number of methoxy groups -OCH3 is 1. The van der Waals surface area contributed by atoms with Crippen LogP contribution < -0.4 is 0 Å². The smallest absolute Gasteiger partial charge is 0.341 e. The minimum absolute atomic E-state index is 0.0542. The molecule has 1 rings (SSSR count). The molecule has 1 aromatic heterocycles. The third-order valence-corrected chi connectivity index (χ3v) is 2.26. The topological polar surface area (TPSA) is 66.9 Å². The Hall–Kier alpha value is -1.57. The third-order valence-electron chi connectivity index (χ3n) is 2.26. The molecule has 112 valence electrons. The van der Waals surface area contributed by atoms with Crippen molar-refractivity contribution in [3.05, 3.63) is 29.8 Å². The summed E-state index contributed by atoms with van der Waals surface area (Å²) in [6.07, 6.45) is 2.29. The first-order valence-electron chi connectivity index (χ1n) is 6.16. The van der Waals surface area contributed by atoms with E-state index < -0.39 is 11.8 Å². The Morgan fingerprint density at radius 1 is 1.15 bits per heavy atom. The van der Waals surface area contributed by atoms with Crippen LogP contribution in [0.25, 0.3) is 0 Å². The Morgan fingerprint density at radius 3 is 2.45 bits per heavy atom. The molecule has 1 heterocycles. The van der Waals surface area contributed by atoms with Crippen molar-refractivity contribution in [2.45, 2.75) is 0 Å². The summed E-state index contributed by atoms with van der Waals surface area (Å²) in [7, 11) is 1.60. The first kappa shape index (κ1) is 16.5. The van der Waals surface area contributed by atoms with Crippen molar-refractivity contribution in [1.29, 1.82) is 0 Å². The zero-order chi connectivity index (χ0) is 14.6. The molecule has 0 fully saturated rings. The predicted molar refractivity (Wildman–Crippen MR) is 68.0 cm³/mol. The maximum atomic E-state index is 13.2. The number of carbonyl (C=O) groups is 1. The van der Waals surface area contributed by atoms with Crippen LogP contribution in [0.15, 0.2) is 18.5 Å². The van der Waals surface area contributed by atoms with E-state index in [1.54, 1.807) is 7.11 Å². The number of rotatable bonds is 10. The van der Waals surface area contributed by atoms with E-state index in [2.05, 4.69) is 4.98 Å². The number of carbonyl (C=O) groups excluding carboxylic acids is 1. The fourth-order valence-electron chi connectivity index (χ4n) is 1.28. The predicted octanol–water partition coefficient (Wildman–Crippen LogP) is 1.06. The Kier molecular flexibility index (Phi) is 8.44. The number of hydrogen-bond acceptors (Lipinski definition) is 6. The van der Waals surface area contributed by atoms with E-state index in [0.29, 0.717) is 26.4 Å². The largest absolute Gasteiger partial charge is 0.460 e. The highest BCUT2D eigenvalue weighted by atomic mass is 19.1. The van der Waals surface area contributed by atoms with Crippen LogP contribution in [0, 0.1) is 5.82 Å². The Bertz CT molecular complexity index is 402. The molecule has 20 heavy (non-hydrogen) atoms. The number of esters is 1. The van der Waals surface area contributed by atoms with Gasteiger partial charge in [-0.15, -0.1) is 0 Å². The first-order valence-corrected chi connectivity index (χ1v) is 6.16. The minimum atomic E-state index is -0.732. The van der Waals surface area contributed by atoms with E-state index >= 15 is 0 Å². The van der Waals surface area contributed by atoms with Gasteiger partial charge in [-0.2, -0.15) is 0 Å². The molecule has 0 aliphatic heterocycles. The summed E-state index contributed by atoms with van der Waals surface area (Å²) in [6.45, 7) is 2.16. The lowest BCUT2D eigenvalue weighted by molar-refractivity contribution is 0.00554. The Labute approximate surface area is 116 Å². The molecule has 0 aliphatic rings. The molecule has 0 saturated carbocycles. The van der Waals surface area contributed by atoms with Crippen LogP contribution in [-0.2, 0) is 18.9 Å². The van der Waals surface area contributed by atoms with Gasteiger partial charge < -0.3 is 18.9 Å². The van der Waals surface area contributed by atoms with Crippen LogP contribution >= 0.6 is 0 Å². The zero-order valence-electron chi connectivity index (χ0n) is 11.3. The normalized spacial score (nSPS) is 10.5. The Balaban J connectivity index is 2.04. The molecule has 1 aromatic rings. The number of hydrogen-bond donors (Lipinski definition) is 0. The molecular weight excluding hydrogens is 269 g/mol. The van der Waals surface area contributed by atoms with Gasteiger partial charge in [0.15, 0.2) is 5.82 Å². The fourth-order valence-corrected chi connectivity index (χ4v) is 1.28. The highest BCUT2D eigenvalue weighted by molar-refractivity contribution is 5.89. The molecule has 0 saturated heterocycles. The quantitative estimate of drug-likeness (QED) is 0.473. The van der Waals surface area contributed by atoms with Gasteiger partial charge in [-0.3, -0.25) is 4.98 Å². The van der Waals surface area contributed by atoms with Crippen molar-refractivity contribution in [1.82, 2.24) is 4.98 Å². The second-order valence-electron chi connectivity index (χ2n) is 3.71. The molecule has 0 amide bonds. The van der Waals surface area contributed by atoms with Crippen molar-refractivity contribution in [2.24, 2.45) is 0 Å². The van der Waals surface area contributed by atoms with Crippen molar-refractivity contribution in [2.75, 3.05) is 46.8 Å². The fraction of sp³-hybridized carbons (Fsp3) is 0.538. The number of pyridine rings is 1. The summed E-state index contributed by atoms with van der Waals surface area (Å²) in [5.41, 5.74) is -0.136. The van der Waals surface area contributed by atoms with Gasteiger partial charge in [0.05, 0.1) is 44.8 Å². The van der Waals surface area contributed by atoms with Crippen molar-refractivity contribution < 1.29 is 28.1 Å². The van der Waals surface area contributed by atoms with Gasteiger partial charge >= 0.3 is 5.97 Å². The summed E-state index contributed by atoms with van der Waals surface area (Å²) in [4.78, 5) is 15.0. The average molecular weight is 287 g/mol. The van der Waals surface area contributed by atoms with Crippen molar-refractivity contribution in [3.8, 4) is 0 Å². The summed E-state index contributed by atoms with van der Waals surface area (Å²) < 4.78 is 33.2. The van der Waals surface area contributed by atoms with E-state index in [4.69, 9.17) is 18.9 Å². The van der Waals surface area contributed by atoms with Crippen LogP contribution in [0.1, 0.15) is 10.4 Å². The Morgan fingerprint density at radius 2 is 1.80 bits per heavy atom. The van der Waals surface area contributed by atoms with Crippen molar-refractivity contribution >= 4 is 5.97 Å². The first-order chi connectivity index (χ1) is 9.75. The lowest BCUT2D eigenvalue weighted by Gasteiger charge is -2.07. The maximum absolute atomic E-state index is 13.2. The van der Waals surface area contributed by atoms with Gasteiger partial charge in [-0.1, -0.05) is 0 Å². The summed E-state index contributed by atoms with van der Waals surface area (Å²) in [5, 5.41) is 0. The number of nitrogens with zero attached hydrogens (tertiary/aromatic N) is 1. The molecule has 0 bridgehead atoms. The number of ether oxygens (including phenoxy) is 4. The molecular formula is C13H18FNO5. The van der Waals surface area contributed by atoms with Gasteiger partial charge in [-0.05, 0) is 6.07 Å². The van der Waals surface area contributed by atoms with Crippen LogP contribution in [0.3, 0.4) is 0 Å². The summed E-state index contributed by atoms with van der Waals surface area (Å²) in [6, 6.07) is 1.27. The standard InChI is InChI=1S/C13H18FNO5/c1-17-4-5-18-6-7-19-8-9-20-13(16)11-2-3-15-10-12(11)14/h2-3,10H,4-9H2,1H3. The molecule has 6 nitrogen and oxygen atoms in total. The minimum Gasteiger partial charge on any atom is -0.460 e. The second-order valence-corrected chi connectivity index (χ2v) is 3.71. The van der Waals surface area contributed by atoms with Gasteiger partial charge in [0.25, 0.3) is 0 Å². The van der Waals surface area contributed by atoms with Gasteiger partial charge in [0.2, 0.25) is 0 Å². The molecule has 7 heteroatoms. The molecule has 0 N–H and O–H groups in total. The van der Waals surface area contributed by atoms with Crippen LogP contribution in [0.5, 0.6) is 0 Å². The lowest BCUT2D eigenvalue weighted by atomic mass is 10.2. The number of halogens is 1. The van der Waals surface area contributed by atoms with Gasteiger partial charge in [-0.25, -0.2) is 9.18 Å². The molecule has 0 aliphatic carbocycles. The highest BCUT2D eigenvalue weighted by Crippen LogP contribution is 2.05. The van der Waals surface area contributed by atoms with Crippen LogP contribution in [0.4, 0.5) is 4.39 Å². The van der Waals surface area contributed by atoms with E-state index in [9.17, 15) is 9.18 Å². The van der Waals surface area contributed by atoms with Crippen LogP contribution in [-0.4, -0.2) is 57.7 Å².